The van der Waals surface area contributed by atoms with Crippen molar-refractivity contribution in [3.05, 3.63) is 0 Å². The van der Waals surface area contributed by atoms with Crippen molar-refractivity contribution in [1.82, 2.24) is 14.7 Å². The lowest BCUT2D eigenvalue weighted by atomic mass is 9.96. The zero-order valence-corrected chi connectivity index (χ0v) is 11.0. The summed E-state index contributed by atoms with van der Waals surface area (Å²) in [5.74, 6) is 0.805. The maximum atomic E-state index is 10.6. The lowest BCUT2D eigenvalue weighted by Gasteiger charge is -2.38. The minimum atomic E-state index is 0.805. The summed E-state index contributed by atoms with van der Waals surface area (Å²) in [5.41, 5.74) is 0. The highest BCUT2D eigenvalue weighted by Gasteiger charge is 2.22. The average Bonchev–Trinajstić information content (AvgIpc) is 2.40. The first-order chi connectivity index (χ1) is 8.31. The molecule has 0 saturated carbocycles. The summed E-state index contributed by atoms with van der Waals surface area (Å²) < 4.78 is 0. The molecule has 4 heteroatoms. The number of hydrogen-bond donors (Lipinski definition) is 0. The first kappa shape index (κ1) is 12.8. The number of carbonyl (C=O) groups is 1. The molecule has 2 saturated heterocycles. The molecule has 0 radical (unpaired) electrons. The van der Waals surface area contributed by atoms with Gasteiger partial charge in [-0.15, -0.1) is 0 Å². The van der Waals surface area contributed by atoms with Gasteiger partial charge in [-0.05, 0) is 25.3 Å². The minimum Gasteiger partial charge on any atom is -0.345 e. The molecule has 2 rings (SSSR count). The number of nitrogens with zero attached hydrogens (tertiary/aromatic N) is 3. The lowest BCUT2D eigenvalue weighted by molar-refractivity contribution is -0.119. The molecule has 0 N–H and O–H groups in total. The van der Waals surface area contributed by atoms with Crippen molar-refractivity contribution in [2.24, 2.45) is 5.92 Å². The fourth-order valence-corrected chi connectivity index (χ4v) is 2.89. The molecular formula is C13H25N3O. The van der Waals surface area contributed by atoms with Crippen LogP contribution in [0, 0.1) is 5.92 Å². The normalized spacial score (nSPS) is 25.1. The summed E-state index contributed by atoms with van der Waals surface area (Å²) in [4.78, 5) is 17.7. The van der Waals surface area contributed by atoms with Crippen LogP contribution in [0.4, 0.5) is 0 Å². The Morgan fingerprint density at radius 2 is 1.59 bits per heavy atom. The van der Waals surface area contributed by atoms with Crippen molar-refractivity contribution >= 4 is 6.41 Å². The average molecular weight is 239 g/mol. The number of piperazine rings is 1. The largest absolute Gasteiger partial charge is 0.345 e. The molecule has 0 aromatic heterocycles. The molecule has 98 valence electrons. The van der Waals surface area contributed by atoms with Crippen LogP contribution < -0.4 is 0 Å². The Kier molecular flexibility index (Phi) is 4.80. The molecule has 2 fully saturated rings. The van der Waals surface area contributed by atoms with Crippen molar-refractivity contribution in [2.75, 3.05) is 52.4 Å². The van der Waals surface area contributed by atoms with Crippen LogP contribution in [-0.2, 0) is 4.79 Å². The van der Waals surface area contributed by atoms with Crippen molar-refractivity contribution in [3.63, 3.8) is 0 Å². The number of carbonyl (C=O) groups excluding carboxylic acids is 1. The minimum absolute atomic E-state index is 0.805. The van der Waals surface area contributed by atoms with Gasteiger partial charge in [0.15, 0.2) is 0 Å². The fourth-order valence-electron chi connectivity index (χ4n) is 2.89. The molecule has 0 spiro atoms. The van der Waals surface area contributed by atoms with Gasteiger partial charge in [0, 0.05) is 45.8 Å². The summed E-state index contributed by atoms with van der Waals surface area (Å²) >= 11 is 0. The molecule has 4 nitrogen and oxygen atoms in total. The second kappa shape index (κ2) is 6.36. The van der Waals surface area contributed by atoms with E-state index >= 15 is 0 Å². The highest BCUT2D eigenvalue weighted by molar-refractivity contribution is 5.47. The van der Waals surface area contributed by atoms with E-state index in [1.165, 1.54) is 52.1 Å². The summed E-state index contributed by atoms with van der Waals surface area (Å²) in [7, 11) is 0. The van der Waals surface area contributed by atoms with Gasteiger partial charge in [0.1, 0.15) is 0 Å². The van der Waals surface area contributed by atoms with E-state index in [4.69, 9.17) is 0 Å². The summed E-state index contributed by atoms with van der Waals surface area (Å²) in [6, 6.07) is 0. The lowest BCUT2D eigenvalue weighted by Crippen LogP contribution is -2.48. The van der Waals surface area contributed by atoms with E-state index in [9.17, 15) is 4.79 Å². The fraction of sp³-hybridized carbons (Fsp3) is 0.923. The Morgan fingerprint density at radius 1 is 1.00 bits per heavy atom. The molecule has 0 bridgehead atoms. The molecule has 1 amide bonds. The number of amides is 1. The Morgan fingerprint density at radius 3 is 2.12 bits per heavy atom. The summed E-state index contributed by atoms with van der Waals surface area (Å²) in [6.45, 7) is 11.5. The third-order valence-corrected chi connectivity index (χ3v) is 4.23. The predicted molar refractivity (Wildman–Crippen MR) is 68.9 cm³/mol. The molecule has 0 aliphatic carbocycles. The van der Waals surface area contributed by atoms with Crippen LogP contribution in [0.5, 0.6) is 0 Å². The van der Waals surface area contributed by atoms with Crippen molar-refractivity contribution < 1.29 is 4.79 Å². The maximum Gasteiger partial charge on any atom is 0.209 e. The van der Waals surface area contributed by atoms with E-state index in [1.54, 1.807) is 0 Å². The van der Waals surface area contributed by atoms with E-state index in [1.807, 2.05) is 4.90 Å². The van der Waals surface area contributed by atoms with Crippen molar-refractivity contribution in [3.8, 4) is 0 Å². The second-order valence-corrected chi connectivity index (χ2v) is 5.32. The van der Waals surface area contributed by atoms with E-state index in [-0.39, 0.29) is 0 Å². The highest BCUT2D eigenvalue weighted by atomic mass is 16.1. The molecule has 0 unspecified atom stereocenters. The van der Waals surface area contributed by atoms with Crippen LogP contribution in [0.2, 0.25) is 0 Å². The van der Waals surface area contributed by atoms with Crippen molar-refractivity contribution in [2.45, 2.75) is 19.8 Å². The number of likely N-dealkylation sites (N-methyl/N-ethyl adjacent to an activating group) is 1. The predicted octanol–water partition coefficient (Wildman–Crippen LogP) is 0.492. The quantitative estimate of drug-likeness (QED) is 0.668. The van der Waals surface area contributed by atoms with E-state index in [2.05, 4.69) is 16.7 Å². The van der Waals surface area contributed by atoms with E-state index in [0.29, 0.717) is 0 Å². The van der Waals surface area contributed by atoms with Gasteiger partial charge in [-0.25, -0.2) is 0 Å². The van der Waals surface area contributed by atoms with Crippen LogP contribution in [0.3, 0.4) is 0 Å². The van der Waals surface area contributed by atoms with Crippen LogP contribution >= 0.6 is 0 Å². The molecule has 17 heavy (non-hydrogen) atoms. The summed E-state index contributed by atoms with van der Waals surface area (Å²) in [5, 5.41) is 0. The van der Waals surface area contributed by atoms with Crippen LogP contribution in [0.15, 0.2) is 0 Å². The monoisotopic (exact) mass is 239 g/mol. The highest BCUT2D eigenvalue weighted by Crippen LogP contribution is 2.18. The van der Waals surface area contributed by atoms with Crippen LogP contribution in [0.1, 0.15) is 19.8 Å². The molecule has 2 aliphatic rings. The van der Waals surface area contributed by atoms with Gasteiger partial charge < -0.3 is 14.7 Å². The zero-order chi connectivity index (χ0) is 12.1. The topological polar surface area (TPSA) is 26.8 Å². The SMILES string of the molecule is CCN1CCN(CC2CCN(C=O)CC2)CC1. The standard InChI is InChI=1S/C13H25N3O/c1-2-14-7-9-15(10-8-14)11-13-3-5-16(12-17)6-4-13/h12-13H,2-11H2,1H3. The molecule has 0 atom stereocenters. The molecule has 2 heterocycles. The maximum absolute atomic E-state index is 10.6. The van der Waals surface area contributed by atoms with Crippen LogP contribution in [0.25, 0.3) is 0 Å². The Balaban J connectivity index is 1.67. The van der Waals surface area contributed by atoms with Crippen molar-refractivity contribution in [1.29, 1.82) is 0 Å². The third-order valence-electron chi connectivity index (χ3n) is 4.23. The third kappa shape index (κ3) is 3.68. The van der Waals surface area contributed by atoms with Gasteiger partial charge >= 0.3 is 0 Å². The number of rotatable bonds is 4. The number of piperidine rings is 1. The second-order valence-electron chi connectivity index (χ2n) is 5.32. The zero-order valence-electron chi connectivity index (χ0n) is 11.0. The Hall–Kier alpha value is -0.610. The van der Waals surface area contributed by atoms with Gasteiger partial charge in [0.2, 0.25) is 6.41 Å². The van der Waals surface area contributed by atoms with Gasteiger partial charge in [-0.3, -0.25) is 4.79 Å². The Bertz CT molecular complexity index is 231. The van der Waals surface area contributed by atoms with Gasteiger partial charge in [-0.2, -0.15) is 0 Å². The number of likely N-dealkylation sites (tertiary alicyclic amines) is 1. The van der Waals surface area contributed by atoms with Gasteiger partial charge in [-0.1, -0.05) is 6.92 Å². The molecule has 0 aromatic carbocycles. The first-order valence-corrected chi connectivity index (χ1v) is 6.96. The van der Waals surface area contributed by atoms with E-state index < -0.39 is 0 Å². The van der Waals surface area contributed by atoms with E-state index in [0.717, 1.165) is 25.4 Å². The smallest absolute Gasteiger partial charge is 0.209 e. The summed E-state index contributed by atoms with van der Waals surface area (Å²) in [6.07, 6.45) is 3.37. The molecule has 2 aliphatic heterocycles. The molecule has 0 aromatic rings. The van der Waals surface area contributed by atoms with Crippen LogP contribution in [-0.4, -0.2) is 73.5 Å². The molecular weight excluding hydrogens is 214 g/mol. The van der Waals surface area contributed by atoms with Gasteiger partial charge in [0.25, 0.3) is 0 Å². The van der Waals surface area contributed by atoms with Gasteiger partial charge in [0.05, 0.1) is 0 Å². The Labute approximate surface area is 105 Å². The number of hydrogen-bond acceptors (Lipinski definition) is 3. The first-order valence-electron chi connectivity index (χ1n) is 6.96.